The van der Waals surface area contributed by atoms with Gasteiger partial charge in [0.15, 0.2) is 0 Å². The van der Waals surface area contributed by atoms with Crippen LogP contribution in [0.4, 0.5) is 0 Å². The molecule has 11 aromatic rings. The summed E-state index contributed by atoms with van der Waals surface area (Å²) < 4.78 is 7.02. The van der Waals surface area contributed by atoms with Gasteiger partial charge in [0.05, 0.1) is 0 Å². The SMILES string of the molecule is c1ccc(-c2c3ccccc3c(-c3cccc4c3oc3ccc(-c5cc6c(c7ccccc57)C5(c7cc8ccccc8cc7-6)C6CC7CC(C6)CC5C7)cc34)c3ccccc23)cc1. The topological polar surface area (TPSA) is 13.1 Å². The first-order chi connectivity index (χ1) is 31.2. The second kappa shape index (κ2) is 12.6. The van der Waals surface area contributed by atoms with E-state index in [1.54, 1.807) is 11.1 Å². The van der Waals surface area contributed by atoms with Gasteiger partial charge in [0.2, 0.25) is 0 Å². The third-order valence-corrected chi connectivity index (χ3v) is 16.6. The van der Waals surface area contributed by atoms with E-state index in [9.17, 15) is 0 Å². The lowest BCUT2D eigenvalue weighted by Crippen LogP contribution is -2.55. The summed E-state index contributed by atoms with van der Waals surface area (Å²) in [6, 6.07) is 68.7. The lowest BCUT2D eigenvalue weighted by molar-refractivity contribution is -0.0393. The average Bonchev–Trinajstić information content (AvgIpc) is 3.84. The molecule has 16 rings (SSSR count). The molecule has 0 saturated heterocycles. The van der Waals surface area contributed by atoms with Crippen LogP contribution in [0.3, 0.4) is 0 Å². The number of fused-ring (bicyclic) bond motifs is 11. The molecule has 1 heteroatoms. The van der Waals surface area contributed by atoms with E-state index in [2.05, 4.69) is 182 Å². The molecular formula is C62H44O. The first-order valence-corrected chi connectivity index (χ1v) is 23.3. The lowest BCUT2D eigenvalue weighted by Gasteiger charge is -2.61. The van der Waals surface area contributed by atoms with Gasteiger partial charge in [0.1, 0.15) is 11.2 Å². The fourth-order valence-corrected chi connectivity index (χ4v) is 14.5. The average molecular weight is 805 g/mol. The zero-order valence-corrected chi connectivity index (χ0v) is 35.1. The van der Waals surface area contributed by atoms with Gasteiger partial charge in [-0.25, -0.2) is 0 Å². The van der Waals surface area contributed by atoms with Crippen LogP contribution in [-0.4, -0.2) is 0 Å². The second-order valence-electron chi connectivity index (χ2n) is 19.5. The normalized spacial score (nSPS) is 22.0. The van der Waals surface area contributed by atoms with Crippen molar-refractivity contribution in [2.24, 2.45) is 23.7 Å². The fourth-order valence-electron chi connectivity index (χ4n) is 14.5. The molecule has 1 nitrogen and oxygen atoms in total. The van der Waals surface area contributed by atoms with Gasteiger partial charge in [-0.2, -0.15) is 0 Å². The highest BCUT2D eigenvalue weighted by Gasteiger charge is 2.62. The molecule has 0 aliphatic heterocycles. The minimum Gasteiger partial charge on any atom is -0.455 e. The maximum atomic E-state index is 7.02. The van der Waals surface area contributed by atoms with Crippen LogP contribution in [0.2, 0.25) is 0 Å². The summed E-state index contributed by atoms with van der Waals surface area (Å²) in [5, 5.41) is 12.8. The number of hydrogen-bond acceptors (Lipinski definition) is 1. The van der Waals surface area contributed by atoms with Crippen molar-refractivity contribution in [1.82, 2.24) is 0 Å². The number of furan rings is 1. The molecule has 5 aliphatic carbocycles. The van der Waals surface area contributed by atoms with E-state index in [0.29, 0.717) is 11.8 Å². The lowest BCUT2D eigenvalue weighted by atomic mass is 9.43. The fraction of sp³-hybridized carbons (Fsp3) is 0.161. The number of rotatable bonds is 3. The van der Waals surface area contributed by atoms with Gasteiger partial charge in [0.25, 0.3) is 0 Å². The van der Waals surface area contributed by atoms with Crippen molar-refractivity contribution >= 4 is 65.0 Å². The molecular weight excluding hydrogens is 761 g/mol. The molecule has 4 saturated carbocycles. The molecule has 1 aromatic heterocycles. The van der Waals surface area contributed by atoms with Crippen LogP contribution in [0, 0.1) is 23.7 Å². The van der Waals surface area contributed by atoms with Crippen molar-refractivity contribution in [3.8, 4) is 44.5 Å². The van der Waals surface area contributed by atoms with E-state index in [1.807, 2.05) is 0 Å². The highest BCUT2D eigenvalue weighted by Crippen LogP contribution is 2.71. The third-order valence-electron chi connectivity index (χ3n) is 16.6. The molecule has 0 unspecified atom stereocenters. The Morgan fingerprint density at radius 2 is 0.952 bits per heavy atom. The van der Waals surface area contributed by atoms with Crippen molar-refractivity contribution in [1.29, 1.82) is 0 Å². The Morgan fingerprint density at radius 3 is 1.65 bits per heavy atom. The number of para-hydroxylation sites is 1. The summed E-state index contributed by atoms with van der Waals surface area (Å²) in [6.45, 7) is 0. The Labute approximate surface area is 366 Å². The van der Waals surface area contributed by atoms with E-state index in [0.717, 1.165) is 39.3 Å². The highest BCUT2D eigenvalue weighted by atomic mass is 16.3. The molecule has 0 radical (unpaired) electrons. The monoisotopic (exact) mass is 804 g/mol. The summed E-state index contributed by atoms with van der Waals surface area (Å²) in [5.74, 6) is 3.21. The molecule has 5 aliphatic rings. The first kappa shape index (κ1) is 34.6. The van der Waals surface area contributed by atoms with Crippen molar-refractivity contribution in [2.45, 2.75) is 37.5 Å². The van der Waals surface area contributed by atoms with E-state index < -0.39 is 0 Å². The van der Waals surface area contributed by atoms with Gasteiger partial charge in [-0.15, -0.1) is 0 Å². The number of hydrogen-bond donors (Lipinski definition) is 0. The zero-order chi connectivity index (χ0) is 41.0. The predicted octanol–water partition coefficient (Wildman–Crippen LogP) is 16.9. The quantitative estimate of drug-likeness (QED) is 0.162. The van der Waals surface area contributed by atoms with E-state index in [-0.39, 0.29) is 5.41 Å². The summed E-state index contributed by atoms with van der Waals surface area (Å²) in [5.41, 5.74) is 15.5. The number of benzene rings is 10. The summed E-state index contributed by atoms with van der Waals surface area (Å²) in [7, 11) is 0. The van der Waals surface area contributed by atoms with Crippen LogP contribution in [0.1, 0.15) is 43.2 Å². The van der Waals surface area contributed by atoms with Crippen molar-refractivity contribution in [3.63, 3.8) is 0 Å². The molecule has 63 heavy (non-hydrogen) atoms. The van der Waals surface area contributed by atoms with Crippen LogP contribution in [-0.2, 0) is 5.41 Å². The van der Waals surface area contributed by atoms with Gasteiger partial charge in [-0.05, 0) is 174 Å². The van der Waals surface area contributed by atoms with Gasteiger partial charge in [0, 0.05) is 27.3 Å². The maximum Gasteiger partial charge on any atom is 0.143 e. The van der Waals surface area contributed by atoms with E-state index >= 15 is 0 Å². The van der Waals surface area contributed by atoms with E-state index in [1.165, 1.54) is 114 Å². The Hall–Kier alpha value is -6.96. The van der Waals surface area contributed by atoms with Crippen LogP contribution in [0.15, 0.2) is 186 Å². The van der Waals surface area contributed by atoms with Crippen LogP contribution < -0.4 is 0 Å². The van der Waals surface area contributed by atoms with Crippen LogP contribution in [0.25, 0.3) is 110 Å². The van der Waals surface area contributed by atoms with Crippen molar-refractivity contribution < 1.29 is 4.42 Å². The standard InChI is InChI=1S/C62H44O/c1-2-13-38(14-3-1)58-45-18-7-9-20-47(45)59(48-21-10-8-19-46(48)58)51-24-12-23-50-54-33-41(25-26-57(54)63-61(50)51)52-35-55-53-32-39-15-4-5-16-40(39)34-56(53)62(60(55)49-22-11-6-17-44(49)52)42-28-36-27-37(30-42)31-43(62)29-36/h1-26,32-37,42-43H,27-31H2. The predicted molar refractivity (Wildman–Crippen MR) is 263 cm³/mol. The van der Waals surface area contributed by atoms with Gasteiger partial charge >= 0.3 is 0 Å². The second-order valence-corrected chi connectivity index (χ2v) is 19.5. The van der Waals surface area contributed by atoms with Crippen LogP contribution in [0.5, 0.6) is 0 Å². The zero-order valence-electron chi connectivity index (χ0n) is 35.1. The molecule has 1 heterocycles. The Morgan fingerprint density at radius 1 is 0.365 bits per heavy atom. The molecule has 0 amide bonds. The molecule has 298 valence electrons. The molecule has 1 spiro atoms. The minimum atomic E-state index is 0.0784. The maximum absolute atomic E-state index is 7.02. The molecule has 10 aromatic carbocycles. The first-order valence-electron chi connectivity index (χ1n) is 23.3. The van der Waals surface area contributed by atoms with E-state index in [4.69, 9.17) is 4.42 Å². The summed E-state index contributed by atoms with van der Waals surface area (Å²) >= 11 is 0. The summed E-state index contributed by atoms with van der Waals surface area (Å²) in [6.07, 6.45) is 6.97. The van der Waals surface area contributed by atoms with Gasteiger partial charge < -0.3 is 4.42 Å². The Kier molecular flexibility index (Phi) is 6.91. The van der Waals surface area contributed by atoms with Gasteiger partial charge in [-0.1, -0.05) is 152 Å². The molecule has 0 atom stereocenters. The molecule has 0 N–H and O–H groups in total. The largest absolute Gasteiger partial charge is 0.455 e. The third kappa shape index (κ3) is 4.57. The Balaban J connectivity index is 0.963. The smallest absolute Gasteiger partial charge is 0.143 e. The van der Waals surface area contributed by atoms with Crippen molar-refractivity contribution in [2.75, 3.05) is 0 Å². The minimum absolute atomic E-state index is 0.0784. The summed E-state index contributed by atoms with van der Waals surface area (Å²) in [4.78, 5) is 0. The molecule has 4 bridgehead atoms. The van der Waals surface area contributed by atoms with Crippen LogP contribution >= 0.6 is 0 Å². The highest BCUT2D eigenvalue weighted by molar-refractivity contribution is 6.24. The Bertz CT molecular complexity index is 3670. The molecule has 4 fully saturated rings. The van der Waals surface area contributed by atoms with Gasteiger partial charge in [-0.3, -0.25) is 0 Å². The van der Waals surface area contributed by atoms with Crippen molar-refractivity contribution in [3.05, 3.63) is 193 Å².